The monoisotopic (exact) mass is 421 g/mol. The van der Waals surface area contributed by atoms with E-state index in [1.54, 1.807) is 4.90 Å². The van der Waals surface area contributed by atoms with E-state index in [0.29, 0.717) is 13.1 Å². The van der Waals surface area contributed by atoms with Crippen LogP contribution in [0.5, 0.6) is 0 Å². The molecule has 0 saturated carbocycles. The van der Waals surface area contributed by atoms with Gasteiger partial charge >= 0.3 is 5.97 Å². The fourth-order valence-electron chi connectivity index (χ4n) is 3.02. The van der Waals surface area contributed by atoms with Crippen LogP contribution < -0.4 is 0 Å². The van der Waals surface area contributed by atoms with Crippen molar-refractivity contribution < 1.29 is 23.1 Å². The number of thioether (sulfide) groups is 1. The largest absolute Gasteiger partial charge is 0.452 e. The Kier molecular flexibility index (Phi) is 7.54. The molecule has 1 aromatic carbocycles. The number of amides is 1. The van der Waals surface area contributed by atoms with Gasteiger partial charge in [-0.05, 0) is 29.5 Å². The van der Waals surface area contributed by atoms with E-state index >= 15 is 0 Å². The van der Waals surface area contributed by atoms with Gasteiger partial charge in [0.25, 0.3) is 11.7 Å². The average molecular weight is 421 g/mol. The lowest BCUT2D eigenvalue weighted by molar-refractivity contribution is -0.136. The first kappa shape index (κ1) is 21.2. The van der Waals surface area contributed by atoms with E-state index in [1.807, 2.05) is 18.2 Å². The molecule has 154 valence electrons. The van der Waals surface area contributed by atoms with Gasteiger partial charge in [-0.2, -0.15) is 8.78 Å². The number of alkyl halides is 2. The molecule has 0 atom stereocenters. The standard InChI is InChI=1S/C20H21F2N3O3S/c21-20(22)29-18-16(7-4-8-23-18)19(27)28-14-17(26)25-11-9-24(10-12-25)13-15-5-2-1-3-6-15/h1-8,20H,9-14H2. The van der Waals surface area contributed by atoms with E-state index in [4.69, 9.17) is 4.74 Å². The third-order valence-corrected chi connectivity index (χ3v) is 5.22. The van der Waals surface area contributed by atoms with Crippen LogP contribution in [0.3, 0.4) is 0 Å². The van der Waals surface area contributed by atoms with Crippen LogP contribution in [0.4, 0.5) is 8.78 Å². The number of carbonyl (C=O) groups excluding carboxylic acids is 2. The molecule has 1 aliphatic rings. The Morgan fingerprint density at radius 1 is 1.07 bits per heavy atom. The SMILES string of the molecule is O=C(OCC(=O)N1CCN(Cc2ccccc2)CC1)c1cccnc1SC(F)F. The molecule has 3 rings (SSSR count). The fraction of sp³-hybridized carbons (Fsp3) is 0.350. The van der Waals surface area contributed by atoms with Crippen molar-refractivity contribution in [2.75, 3.05) is 32.8 Å². The highest BCUT2D eigenvalue weighted by Gasteiger charge is 2.23. The van der Waals surface area contributed by atoms with Crippen LogP contribution in [0.2, 0.25) is 0 Å². The zero-order valence-electron chi connectivity index (χ0n) is 15.7. The maximum absolute atomic E-state index is 12.6. The Morgan fingerprint density at radius 3 is 2.48 bits per heavy atom. The second-order valence-electron chi connectivity index (χ2n) is 6.45. The number of carbonyl (C=O) groups is 2. The van der Waals surface area contributed by atoms with Crippen molar-refractivity contribution in [1.82, 2.24) is 14.8 Å². The van der Waals surface area contributed by atoms with E-state index in [2.05, 4.69) is 22.0 Å². The summed E-state index contributed by atoms with van der Waals surface area (Å²) in [4.78, 5) is 32.2. The molecule has 0 aliphatic carbocycles. The lowest BCUT2D eigenvalue weighted by Gasteiger charge is -2.34. The van der Waals surface area contributed by atoms with Crippen molar-refractivity contribution in [3.8, 4) is 0 Å². The summed E-state index contributed by atoms with van der Waals surface area (Å²) in [5.74, 6) is -3.84. The number of rotatable bonds is 7. The van der Waals surface area contributed by atoms with Gasteiger partial charge < -0.3 is 9.64 Å². The van der Waals surface area contributed by atoms with Crippen LogP contribution in [0.15, 0.2) is 53.7 Å². The minimum Gasteiger partial charge on any atom is -0.452 e. The predicted molar refractivity (Wildman–Crippen MR) is 105 cm³/mol. The molecule has 0 spiro atoms. The van der Waals surface area contributed by atoms with Crippen molar-refractivity contribution in [3.63, 3.8) is 0 Å². The Morgan fingerprint density at radius 2 is 1.79 bits per heavy atom. The minimum atomic E-state index is -2.70. The number of aromatic nitrogens is 1. The van der Waals surface area contributed by atoms with Gasteiger partial charge in [0.2, 0.25) is 0 Å². The molecule has 1 aromatic heterocycles. The number of hydrogen-bond acceptors (Lipinski definition) is 6. The van der Waals surface area contributed by atoms with Crippen LogP contribution in [-0.2, 0) is 16.1 Å². The van der Waals surface area contributed by atoms with Crippen LogP contribution in [0.25, 0.3) is 0 Å². The molecule has 2 aromatic rings. The molecule has 6 nitrogen and oxygen atoms in total. The second kappa shape index (κ2) is 10.3. The quantitative estimate of drug-likeness (QED) is 0.506. The second-order valence-corrected chi connectivity index (χ2v) is 7.43. The molecule has 0 N–H and O–H groups in total. The first-order valence-electron chi connectivity index (χ1n) is 9.14. The van der Waals surface area contributed by atoms with Crippen LogP contribution in [0, 0.1) is 0 Å². The maximum atomic E-state index is 12.6. The van der Waals surface area contributed by atoms with Gasteiger partial charge in [-0.3, -0.25) is 9.69 Å². The molecular formula is C20H21F2N3O3S. The number of piperazine rings is 1. The third-order valence-electron chi connectivity index (χ3n) is 4.49. The number of hydrogen-bond donors (Lipinski definition) is 0. The van der Waals surface area contributed by atoms with E-state index in [-0.39, 0.29) is 28.3 Å². The minimum absolute atomic E-state index is 0.0710. The summed E-state index contributed by atoms with van der Waals surface area (Å²) in [6.07, 6.45) is 1.32. The highest BCUT2D eigenvalue weighted by Crippen LogP contribution is 2.26. The normalized spacial score (nSPS) is 14.8. The molecule has 2 heterocycles. The van der Waals surface area contributed by atoms with Gasteiger partial charge in [-0.1, -0.05) is 30.3 Å². The summed E-state index contributed by atoms with van der Waals surface area (Å²) in [7, 11) is 0. The summed E-state index contributed by atoms with van der Waals surface area (Å²) in [6, 6.07) is 12.9. The lowest BCUT2D eigenvalue weighted by atomic mass is 10.2. The molecule has 1 fully saturated rings. The van der Waals surface area contributed by atoms with Crippen molar-refractivity contribution in [2.45, 2.75) is 17.3 Å². The zero-order valence-corrected chi connectivity index (χ0v) is 16.5. The van der Waals surface area contributed by atoms with Gasteiger partial charge in [0.15, 0.2) is 6.61 Å². The molecule has 0 unspecified atom stereocenters. The van der Waals surface area contributed by atoms with Crippen molar-refractivity contribution >= 4 is 23.6 Å². The predicted octanol–water partition coefficient (Wildman–Crippen LogP) is 2.90. The maximum Gasteiger partial charge on any atom is 0.341 e. The van der Waals surface area contributed by atoms with Gasteiger partial charge in [0, 0.05) is 38.9 Å². The number of nitrogens with zero attached hydrogens (tertiary/aromatic N) is 3. The number of ether oxygens (including phenoxy) is 1. The van der Waals surface area contributed by atoms with Gasteiger partial charge in [0.05, 0.1) is 5.56 Å². The van der Waals surface area contributed by atoms with E-state index in [9.17, 15) is 18.4 Å². The topological polar surface area (TPSA) is 62.7 Å². The highest BCUT2D eigenvalue weighted by molar-refractivity contribution is 7.99. The van der Waals surface area contributed by atoms with Crippen LogP contribution in [0.1, 0.15) is 15.9 Å². The van der Waals surface area contributed by atoms with E-state index in [1.165, 1.54) is 23.9 Å². The highest BCUT2D eigenvalue weighted by atomic mass is 32.2. The van der Waals surface area contributed by atoms with Crippen LogP contribution in [-0.4, -0.2) is 65.2 Å². The lowest BCUT2D eigenvalue weighted by Crippen LogP contribution is -2.49. The van der Waals surface area contributed by atoms with Gasteiger partial charge in [0.1, 0.15) is 5.03 Å². The first-order valence-corrected chi connectivity index (χ1v) is 10.0. The zero-order chi connectivity index (χ0) is 20.6. The van der Waals surface area contributed by atoms with Crippen LogP contribution >= 0.6 is 11.8 Å². The molecule has 9 heteroatoms. The number of pyridine rings is 1. The molecular weight excluding hydrogens is 400 g/mol. The summed E-state index contributed by atoms with van der Waals surface area (Å²) in [6.45, 7) is 2.94. The Hall–Kier alpha value is -2.52. The smallest absolute Gasteiger partial charge is 0.341 e. The molecule has 1 aliphatic heterocycles. The summed E-state index contributed by atoms with van der Waals surface area (Å²) < 4.78 is 30.2. The Labute approximate surface area is 171 Å². The third kappa shape index (κ3) is 6.23. The van der Waals surface area contributed by atoms with Gasteiger partial charge in [-0.25, -0.2) is 9.78 Å². The Balaban J connectivity index is 1.46. The van der Waals surface area contributed by atoms with E-state index < -0.39 is 18.3 Å². The number of benzene rings is 1. The molecule has 1 saturated heterocycles. The Bertz CT molecular complexity index is 831. The summed E-state index contributed by atoms with van der Waals surface area (Å²) in [5.41, 5.74) is 1.15. The van der Waals surface area contributed by atoms with Crippen molar-refractivity contribution in [3.05, 3.63) is 59.8 Å². The number of halogens is 2. The average Bonchev–Trinajstić information content (AvgIpc) is 2.73. The number of esters is 1. The fourth-order valence-corrected chi connectivity index (χ4v) is 3.59. The summed E-state index contributed by atoms with van der Waals surface area (Å²) in [5, 5.41) is -0.116. The first-order chi connectivity index (χ1) is 14.0. The van der Waals surface area contributed by atoms with E-state index in [0.717, 1.165) is 19.6 Å². The van der Waals surface area contributed by atoms with Crippen molar-refractivity contribution in [1.29, 1.82) is 0 Å². The molecule has 0 bridgehead atoms. The molecule has 0 radical (unpaired) electrons. The van der Waals surface area contributed by atoms with Gasteiger partial charge in [-0.15, -0.1) is 0 Å². The molecule has 1 amide bonds. The summed E-state index contributed by atoms with van der Waals surface area (Å²) >= 11 is 0.170. The van der Waals surface area contributed by atoms with Crippen molar-refractivity contribution in [2.24, 2.45) is 0 Å². The molecule has 29 heavy (non-hydrogen) atoms.